The van der Waals surface area contributed by atoms with Gasteiger partial charge in [-0.15, -0.1) is 0 Å². The fraction of sp³-hybridized carbons (Fsp3) is 0.0588. The molecule has 0 saturated carbocycles. The predicted octanol–water partition coefficient (Wildman–Crippen LogP) is 3.85. The SMILES string of the molecule is COc1ccccc1C(=O)c1sc(Nc2ccc(F)cc2)nc1N. The number of methoxy groups -OCH3 is 1. The number of carbonyl (C=O) groups is 1. The lowest BCUT2D eigenvalue weighted by Gasteiger charge is -2.05. The van der Waals surface area contributed by atoms with Crippen LogP contribution in [0.15, 0.2) is 48.5 Å². The first-order valence-corrected chi connectivity index (χ1v) is 7.86. The Labute approximate surface area is 141 Å². The zero-order valence-corrected chi connectivity index (χ0v) is 13.6. The molecule has 0 amide bonds. The quantitative estimate of drug-likeness (QED) is 0.688. The zero-order valence-electron chi connectivity index (χ0n) is 12.7. The number of ether oxygens (including phenoxy) is 1. The van der Waals surface area contributed by atoms with Gasteiger partial charge in [-0.25, -0.2) is 9.37 Å². The molecule has 0 aliphatic heterocycles. The van der Waals surface area contributed by atoms with Crippen LogP contribution in [-0.4, -0.2) is 17.9 Å². The predicted molar refractivity (Wildman–Crippen MR) is 92.6 cm³/mol. The van der Waals surface area contributed by atoms with E-state index in [0.717, 1.165) is 11.3 Å². The molecular weight excluding hydrogens is 329 g/mol. The largest absolute Gasteiger partial charge is 0.496 e. The molecular formula is C17H14FN3O2S. The third-order valence-corrected chi connectivity index (χ3v) is 4.29. The van der Waals surface area contributed by atoms with Crippen molar-refractivity contribution in [1.82, 2.24) is 4.98 Å². The summed E-state index contributed by atoms with van der Waals surface area (Å²) in [7, 11) is 1.50. The van der Waals surface area contributed by atoms with Gasteiger partial charge in [0.1, 0.15) is 22.3 Å². The van der Waals surface area contributed by atoms with Gasteiger partial charge in [0.05, 0.1) is 12.7 Å². The Hall–Kier alpha value is -2.93. The fourth-order valence-electron chi connectivity index (χ4n) is 2.16. The van der Waals surface area contributed by atoms with Gasteiger partial charge in [0.25, 0.3) is 0 Å². The molecule has 3 rings (SSSR count). The summed E-state index contributed by atoms with van der Waals surface area (Å²) in [4.78, 5) is 17.2. The number of nitrogens with zero attached hydrogens (tertiary/aromatic N) is 1. The Bertz CT molecular complexity index is 878. The first kappa shape index (κ1) is 15.9. The van der Waals surface area contributed by atoms with Gasteiger partial charge in [0.2, 0.25) is 5.78 Å². The number of benzene rings is 2. The van der Waals surface area contributed by atoms with Gasteiger partial charge in [-0.1, -0.05) is 23.5 Å². The van der Waals surface area contributed by atoms with Crippen molar-refractivity contribution in [2.75, 3.05) is 18.2 Å². The molecule has 5 nitrogen and oxygen atoms in total. The second-order valence-electron chi connectivity index (χ2n) is 4.89. The summed E-state index contributed by atoms with van der Waals surface area (Å²) in [6, 6.07) is 12.7. The number of hydrogen-bond donors (Lipinski definition) is 2. The first-order valence-electron chi connectivity index (χ1n) is 7.05. The number of nitrogens with one attached hydrogen (secondary N) is 1. The van der Waals surface area contributed by atoms with E-state index in [1.165, 1.54) is 19.2 Å². The fourth-order valence-corrected chi connectivity index (χ4v) is 3.02. The second kappa shape index (κ2) is 6.67. The summed E-state index contributed by atoms with van der Waals surface area (Å²) >= 11 is 1.13. The van der Waals surface area contributed by atoms with E-state index in [9.17, 15) is 9.18 Å². The van der Waals surface area contributed by atoms with E-state index in [1.54, 1.807) is 36.4 Å². The van der Waals surface area contributed by atoms with Crippen molar-refractivity contribution in [2.24, 2.45) is 0 Å². The summed E-state index contributed by atoms with van der Waals surface area (Å²) in [6.07, 6.45) is 0. The number of nitrogens with two attached hydrogens (primary N) is 1. The van der Waals surface area contributed by atoms with Crippen LogP contribution < -0.4 is 15.8 Å². The van der Waals surface area contributed by atoms with Crippen LogP contribution in [0.4, 0.5) is 21.0 Å². The lowest BCUT2D eigenvalue weighted by molar-refractivity contribution is 0.104. The van der Waals surface area contributed by atoms with E-state index in [4.69, 9.17) is 10.5 Å². The molecule has 0 unspecified atom stereocenters. The molecule has 0 fully saturated rings. The van der Waals surface area contributed by atoms with Crippen LogP contribution >= 0.6 is 11.3 Å². The Morgan fingerprint density at radius 1 is 1.21 bits per heavy atom. The minimum Gasteiger partial charge on any atom is -0.496 e. The molecule has 2 aromatic carbocycles. The van der Waals surface area contributed by atoms with Gasteiger partial charge in [-0.05, 0) is 36.4 Å². The lowest BCUT2D eigenvalue weighted by Crippen LogP contribution is -2.04. The van der Waals surface area contributed by atoms with E-state index in [2.05, 4.69) is 10.3 Å². The Morgan fingerprint density at radius 3 is 2.62 bits per heavy atom. The number of anilines is 3. The van der Waals surface area contributed by atoms with Gasteiger partial charge >= 0.3 is 0 Å². The van der Waals surface area contributed by atoms with Crippen molar-refractivity contribution in [1.29, 1.82) is 0 Å². The summed E-state index contributed by atoms with van der Waals surface area (Å²) in [6.45, 7) is 0. The molecule has 0 bridgehead atoms. The normalized spacial score (nSPS) is 10.4. The maximum Gasteiger partial charge on any atom is 0.210 e. The Balaban J connectivity index is 1.88. The highest BCUT2D eigenvalue weighted by Crippen LogP contribution is 2.31. The summed E-state index contributed by atoms with van der Waals surface area (Å²) < 4.78 is 18.2. The number of aromatic nitrogens is 1. The van der Waals surface area contributed by atoms with Crippen LogP contribution in [0.3, 0.4) is 0 Å². The molecule has 0 atom stereocenters. The van der Waals surface area contributed by atoms with Gasteiger partial charge < -0.3 is 15.8 Å². The number of ketones is 1. The molecule has 24 heavy (non-hydrogen) atoms. The van der Waals surface area contributed by atoms with E-state index < -0.39 is 0 Å². The lowest BCUT2D eigenvalue weighted by atomic mass is 10.1. The maximum absolute atomic E-state index is 12.9. The van der Waals surface area contributed by atoms with Crippen LogP contribution in [0, 0.1) is 5.82 Å². The zero-order chi connectivity index (χ0) is 17.1. The van der Waals surface area contributed by atoms with E-state index in [1.807, 2.05) is 0 Å². The molecule has 3 N–H and O–H groups in total. The van der Waals surface area contributed by atoms with E-state index >= 15 is 0 Å². The average molecular weight is 343 g/mol. The second-order valence-corrected chi connectivity index (χ2v) is 5.89. The minimum atomic E-state index is -0.328. The van der Waals surface area contributed by atoms with Crippen LogP contribution in [0.2, 0.25) is 0 Å². The smallest absolute Gasteiger partial charge is 0.210 e. The molecule has 122 valence electrons. The van der Waals surface area contributed by atoms with Crippen molar-refractivity contribution in [3.63, 3.8) is 0 Å². The highest BCUT2D eigenvalue weighted by molar-refractivity contribution is 7.18. The van der Waals surface area contributed by atoms with Crippen LogP contribution in [0.25, 0.3) is 0 Å². The molecule has 0 radical (unpaired) electrons. The standard InChI is InChI=1S/C17H14FN3O2S/c1-23-13-5-3-2-4-12(13)14(22)15-16(19)21-17(24-15)20-11-8-6-10(18)7-9-11/h2-9H,19H2,1H3,(H,20,21). The molecule has 1 heterocycles. The molecule has 3 aromatic rings. The number of halogens is 1. The number of thiazole rings is 1. The number of hydrogen-bond acceptors (Lipinski definition) is 6. The van der Waals surface area contributed by atoms with Gasteiger partial charge in [-0.2, -0.15) is 0 Å². The van der Waals surface area contributed by atoms with E-state index in [-0.39, 0.29) is 17.4 Å². The first-order chi connectivity index (χ1) is 11.6. The monoisotopic (exact) mass is 343 g/mol. The van der Waals surface area contributed by atoms with Crippen LogP contribution in [0.5, 0.6) is 5.75 Å². The van der Waals surface area contributed by atoms with Crippen molar-refractivity contribution < 1.29 is 13.9 Å². The van der Waals surface area contributed by atoms with Crippen LogP contribution in [0.1, 0.15) is 15.2 Å². The molecule has 0 aliphatic rings. The number of carbonyl (C=O) groups excluding carboxylic acids is 1. The van der Waals surface area contributed by atoms with E-state index in [0.29, 0.717) is 27.0 Å². The van der Waals surface area contributed by atoms with Crippen molar-refractivity contribution in [3.8, 4) is 5.75 Å². The van der Waals surface area contributed by atoms with Gasteiger partial charge in [-0.3, -0.25) is 4.79 Å². The maximum atomic E-state index is 12.9. The Morgan fingerprint density at radius 2 is 1.92 bits per heavy atom. The Kier molecular flexibility index (Phi) is 4.43. The van der Waals surface area contributed by atoms with Crippen molar-refractivity contribution >= 4 is 33.8 Å². The molecule has 1 aromatic heterocycles. The number of para-hydroxylation sites is 1. The van der Waals surface area contributed by atoms with Crippen LogP contribution in [-0.2, 0) is 0 Å². The molecule has 0 spiro atoms. The topological polar surface area (TPSA) is 77.2 Å². The number of rotatable bonds is 5. The molecule has 0 aliphatic carbocycles. The van der Waals surface area contributed by atoms with Crippen molar-refractivity contribution in [2.45, 2.75) is 0 Å². The summed E-state index contributed by atoms with van der Waals surface area (Å²) in [5.41, 5.74) is 6.96. The number of nitrogen functional groups attached to an aromatic ring is 1. The third kappa shape index (κ3) is 3.21. The average Bonchev–Trinajstić information content (AvgIpc) is 2.96. The highest BCUT2D eigenvalue weighted by Gasteiger charge is 2.20. The molecule has 0 saturated heterocycles. The molecule has 7 heteroatoms. The third-order valence-electron chi connectivity index (χ3n) is 3.31. The summed E-state index contributed by atoms with van der Waals surface area (Å²) in [5.74, 6) is 0.0321. The minimum absolute atomic E-state index is 0.139. The van der Waals surface area contributed by atoms with Crippen molar-refractivity contribution in [3.05, 3.63) is 64.8 Å². The highest BCUT2D eigenvalue weighted by atomic mass is 32.1. The van der Waals surface area contributed by atoms with Gasteiger partial charge in [0.15, 0.2) is 5.13 Å². The summed E-state index contributed by atoms with van der Waals surface area (Å²) in [5, 5.41) is 3.46. The van der Waals surface area contributed by atoms with Gasteiger partial charge in [0, 0.05) is 5.69 Å².